The topological polar surface area (TPSA) is 73.3 Å². The summed E-state index contributed by atoms with van der Waals surface area (Å²) in [5, 5.41) is 2.99. The Balaban J connectivity index is 1.44. The highest BCUT2D eigenvalue weighted by molar-refractivity contribution is 5.78. The van der Waals surface area contributed by atoms with Gasteiger partial charge in [0.15, 0.2) is 0 Å². The van der Waals surface area contributed by atoms with Gasteiger partial charge in [-0.05, 0) is 37.3 Å². The number of hydrogen-bond donors (Lipinski definition) is 1. The van der Waals surface area contributed by atoms with Crippen LogP contribution in [0.15, 0.2) is 36.7 Å². The second-order valence-electron chi connectivity index (χ2n) is 6.33. The van der Waals surface area contributed by atoms with Gasteiger partial charge in [-0.15, -0.1) is 0 Å². The van der Waals surface area contributed by atoms with E-state index in [1.807, 2.05) is 0 Å². The van der Waals surface area contributed by atoms with Crippen molar-refractivity contribution in [3.8, 4) is 11.8 Å². The number of carbonyl (C=O) groups is 1. The fourth-order valence-corrected chi connectivity index (χ4v) is 3.08. The fraction of sp³-hybridized carbons (Fsp3) is 0.421. The molecule has 1 fully saturated rings. The number of nitrogens with one attached hydrogen (secondary N) is 1. The number of methoxy groups -OCH3 is 1. The number of hydrogen-bond acceptors (Lipinski definition) is 5. The number of carbonyl (C=O) groups excluding carboxylic acids is 1. The lowest BCUT2D eigenvalue weighted by molar-refractivity contribution is -0.121. The van der Waals surface area contributed by atoms with Gasteiger partial charge in [-0.25, -0.2) is 4.39 Å². The van der Waals surface area contributed by atoms with Crippen LogP contribution in [0.4, 0.5) is 4.39 Å². The molecule has 0 atom stereocenters. The molecule has 1 heterocycles. The van der Waals surface area contributed by atoms with Crippen molar-refractivity contribution in [3.63, 3.8) is 0 Å². The van der Waals surface area contributed by atoms with Crippen molar-refractivity contribution in [1.82, 2.24) is 15.3 Å². The molecular weight excluding hydrogens is 337 g/mol. The minimum Gasteiger partial charge on any atom is -0.480 e. The molecule has 26 heavy (non-hydrogen) atoms. The third-order valence-electron chi connectivity index (χ3n) is 4.44. The molecule has 1 aliphatic rings. The Labute approximate surface area is 151 Å². The SMILES string of the molecule is COc1cncc(OC2CCC(NC(=O)Cc3ccccc3F)CC2)n1. The molecule has 1 amide bonds. The van der Waals surface area contributed by atoms with Gasteiger partial charge in [0.05, 0.1) is 25.9 Å². The van der Waals surface area contributed by atoms with Crippen molar-refractivity contribution in [1.29, 1.82) is 0 Å². The maximum Gasteiger partial charge on any atom is 0.235 e. The lowest BCUT2D eigenvalue weighted by Crippen LogP contribution is -2.40. The normalized spacial score (nSPS) is 19.6. The minimum atomic E-state index is -0.348. The van der Waals surface area contributed by atoms with Crippen LogP contribution in [0.25, 0.3) is 0 Å². The molecular formula is C19H22FN3O3. The van der Waals surface area contributed by atoms with E-state index in [1.165, 1.54) is 19.4 Å². The molecule has 138 valence electrons. The van der Waals surface area contributed by atoms with Gasteiger partial charge in [-0.1, -0.05) is 18.2 Å². The van der Waals surface area contributed by atoms with Crippen LogP contribution in [0.3, 0.4) is 0 Å². The first-order valence-corrected chi connectivity index (χ1v) is 8.69. The molecule has 0 aliphatic heterocycles. The summed E-state index contributed by atoms with van der Waals surface area (Å²) in [6, 6.07) is 6.44. The highest BCUT2D eigenvalue weighted by Gasteiger charge is 2.24. The number of rotatable bonds is 6. The Morgan fingerprint density at radius 3 is 2.65 bits per heavy atom. The molecule has 1 aromatic heterocycles. The van der Waals surface area contributed by atoms with E-state index in [0.29, 0.717) is 17.3 Å². The zero-order valence-corrected chi connectivity index (χ0v) is 14.7. The zero-order valence-electron chi connectivity index (χ0n) is 14.7. The highest BCUT2D eigenvalue weighted by Crippen LogP contribution is 2.23. The summed E-state index contributed by atoms with van der Waals surface area (Å²) in [6.45, 7) is 0. The Morgan fingerprint density at radius 1 is 1.19 bits per heavy atom. The molecule has 1 aliphatic carbocycles. The average molecular weight is 359 g/mol. The Kier molecular flexibility index (Phi) is 5.99. The third kappa shape index (κ3) is 4.91. The van der Waals surface area contributed by atoms with E-state index < -0.39 is 0 Å². The van der Waals surface area contributed by atoms with Crippen LogP contribution >= 0.6 is 0 Å². The van der Waals surface area contributed by atoms with E-state index in [9.17, 15) is 9.18 Å². The van der Waals surface area contributed by atoms with Crippen molar-refractivity contribution in [3.05, 3.63) is 48.0 Å². The predicted molar refractivity (Wildman–Crippen MR) is 93.5 cm³/mol. The number of aromatic nitrogens is 2. The number of halogens is 1. The van der Waals surface area contributed by atoms with Gasteiger partial charge in [0, 0.05) is 6.04 Å². The molecule has 0 bridgehead atoms. The monoisotopic (exact) mass is 359 g/mol. The van der Waals surface area contributed by atoms with Crippen LogP contribution in [0.2, 0.25) is 0 Å². The van der Waals surface area contributed by atoms with E-state index in [0.717, 1.165) is 25.7 Å². The lowest BCUT2D eigenvalue weighted by atomic mass is 9.92. The van der Waals surface area contributed by atoms with Crippen molar-refractivity contribution >= 4 is 5.91 Å². The highest BCUT2D eigenvalue weighted by atomic mass is 19.1. The molecule has 3 rings (SSSR count). The van der Waals surface area contributed by atoms with Crippen molar-refractivity contribution in [2.24, 2.45) is 0 Å². The van der Waals surface area contributed by atoms with Gasteiger partial charge >= 0.3 is 0 Å². The standard InChI is InChI=1S/C19H22FN3O3/c1-25-18-11-21-12-19(23-18)26-15-8-6-14(7-9-15)22-17(24)10-13-4-2-3-5-16(13)20/h2-5,11-12,14-15H,6-10H2,1H3,(H,22,24). The van der Waals surface area contributed by atoms with Gasteiger partial charge in [-0.3, -0.25) is 9.78 Å². The summed E-state index contributed by atoms with van der Waals surface area (Å²) in [7, 11) is 1.53. The van der Waals surface area contributed by atoms with Crippen molar-refractivity contribution < 1.29 is 18.7 Å². The van der Waals surface area contributed by atoms with Crippen LogP contribution in [0.1, 0.15) is 31.2 Å². The Hall–Kier alpha value is -2.70. The van der Waals surface area contributed by atoms with Gasteiger partial charge in [0.25, 0.3) is 0 Å². The van der Waals surface area contributed by atoms with E-state index in [4.69, 9.17) is 9.47 Å². The third-order valence-corrected chi connectivity index (χ3v) is 4.44. The molecule has 1 N–H and O–H groups in total. The Morgan fingerprint density at radius 2 is 1.92 bits per heavy atom. The summed E-state index contributed by atoms with van der Waals surface area (Å²) < 4.78 is 24.5. The van der Waals surface area contributed by atoms with Crippen LogP contribution in [-0.4, -0.2) is 35.1 Å². The van der Waals surface area contributed by atoms with E-state index >= 15 is 0 Å². The molecule has 7 heteroatoms. The van der Waals surface area contributed by atoms with Gasteiger partial charge in [0.2, 0.25) is 17.7 Å². The van der Waals surface area contributed by atoms with E-state index in [1.54, 1.807) is 24.4 Å². The number of ether oxygens (including phenoxy) is 2. The minimum absolute atomic E-state index is 0.0381. The number of nitrogens with zero attached hydrogens (tertiary/aromatic N) is 2. The number of benzene rings is 1. The van der Waals surface area contributed by atoms with E-state index in [2.05, 4.69) is 15.3 Å². The molecule has 0 saturated heterocycles. The maximum atomic E-state index is 13.6. The maximum absolute atomic E-state index is 13.6. The first-order chi connectivity index (χ1) is 12.6. The van der Waals surface area contributed by atoms with Crippen molar-refractivity contribution in [2.75, 3.05) is 7.11 Å². The number of amides is 1. The molecule has 0 unspecified atom stereocenters. The van der Waals surface area contributed by atoms with Crippen LogP contribution in [-0.2, 0) is 11.2 Å². The fourth-order valence-electron chi connectivity index (χ4n) is 3.08. The second kappa shape index (κ2) is 8.60. The van der Waals surface area contributed by atoms with E-state index in [-0.39, 0.29) is 30.3 Å². The molecule has 1 saturated carbocycles. The lowest BCUT2D eigenvalue weighted by Gasteiger charge is -2.29. The molecule has 6 nitrogen and oxygen atoms in total. The quantitative estimate of drug-likeness (QED) is 0.858. The van der Waals surface area contributed by atoms with Gasteiger partial charge < -0.3 is 14.8 Å². The summed E-state index contributed by atoms with van der Waals surface area (Å²) in [5.74, 6) is 0.352. The molecule has 2 aromatic rings. The first kappa shape index (κ1) is 18.1. The average Bonchev–Trinajstić information content (AvgIpc) is 2.65. The smallest absolute Gasteiger partial charge is 0.235 e. The summed E-state index contributed by atoms with van der Waals surface area (Å²) >= 11 is 0. The van der Waals surface area contributed by atoms with Crippen LogP contribution < -0.4 is 14.8 Å². The van der Waals surface area contributed by atoms with Crippen molar-refractivity contribution in [2.45, 2.75) is 44.2 Å². The largest absolute Gasteiger partial charge is 0.480 e. The molecule has 0 radical (unpaired) electrons. The van der Waals surface area contributed by atoms with Crippen LogP contribution in [0, 0.1) is 5.82 Å². The van der Waals surface area contributed by atoms with Gasteiger partial charge in [0.1, 0.15) is 11.9 Å². The molecule has 0 spiro atoms. The zero-order chi connectivity index (χ0) is 18.4. The summed E-state index contributed by atoms with van der Waals surface area (Å²) in [6.07, 6.45) is 6.42. The Bertz CT molecular complexity index is 748. The summed E-state index contributed by atoms with van der Waals surface area (Å²) in [5.41, 5.74) is 0.415. The second-order valence-corrected chi connectivity index (χ2v) is 6.33. The summed E-state index contributed by atoms with van der Waals surface area (Å²) in [4.78, 5) is 20.4. The van der Waals surface area contributed by atoms with Crippen LogP contribution in [0.5, 0.6) is 11.8 Å². The molecule has 1 aromatic carbocycles. The van der Waals surface area contributed by atoms with Gasteiger partial charge in [-0.2, -0.15) is 4.98 Å². The first-order valence-electron chi connectivity index (χ1n) is 8.69. The predicted octanol–water partition coefficient (Wildman–Crippen LogP) is 2.67.